The third-order valence-electron chi connectivity index (χ3n) is 4.10. The van der Waals surface area contributed by atoms with Crippen LogP contribution >= 0.6 is 0 Å². The van der Waals surface area contributed by atoms with Crippen molar-refractivity contribution >= 4 is 11.7 Å². The smallest absolute Gasteiger partial charge is 0.320 e. The van der Waals surface area contributed by atoms with Crippen LogP contribution in [0.15, 0.2) is 42.7 Å². The Morgan fingerprint density at radius 2 is 2.04 bits per heavy atom. The highest BCUT2D eigenvalue weighted by molar-refractivity contribution is 5.89. The predicted molar refractivity (Wildman–Crippen MR) is 82.4 cm³/mol. The lowest BCUT2D eigenvalue weighted by atomic mass is 9.72. The van der Waals surface area contributed by atoms with Gasteiger partial charge in [0.15, 0.2) is 0 Å². The van der Waals surface area contributed by atoms with Crippen molar-refractivity contribution in [3.05, 3.63) is 48.3 Å². The third-order valence-corrected chi connectivity index (χ3v) is 4.10. The van der Waals surface area contributed by atoms with Crippen molar-refractivity contribution in [1.82, 2.24) is 15.1 Å². The Bertz CT molecular complexity index is 668. The first kappa shape index (κ1) is 15.5. The molecule has 0 spiro atoms. The number of nitrogens with zero attached hydrogens (tertiary/aromatic N) is 2. The van der Waals surface area contributed by atoms with Crippen molar-refractivity contribution in [2.24, 2.45) is 0 Å². The van der Waals surface area contributed by atoms with E-state index in [1.165, 1.54) is 12.4 Å². The van der Waals surface area contributed by atoms with Crippen LogP contribution in [0.1, 0.15) is 24.8 Å². The molecule has 7 heteroatoms. The van der Waals surface area contributed by atoms with Gasteiger partial charge in [-0.05, 0) is 24.8 Å². The minimum atomic E-state index is -2.48. The van der Waals surface area contributed by atoms with E-state index in [1.807, 2.05) is 30.3 Å². The van der Waals surface area contributed by atoms with E-state index in [-0.39, 0.29) is 11.6 Å². The molecule has 0 aliphatic heterocycles. The molecule has 1 aliphatic carbocycles. The molecule has 3 rings (SSSR count). The number of amides is 2. The topological polar surface area (TPSA) is 59.0 Å². The molecule has 1 aliphatic rings. The highest BCUT2D eigenvalue weighted by atomic mass is 19.3. The zero-order chi connectivity index (χ0) is 16.3. The molecule has 1 fully saturated rings. The van der Waals surface area contributed by atoms with Crippen LogP contribution in [0.5, 0.6) is 0 Å². The molecule has 1 aromatic carbocycles. The second-order valence-electron chi connectivity index (χ2n) is 5.72. The maximum absolute atomic E-state index is 12.3. The summed E-state index contributed by atoms with van der Waals surface area (Å²) >= 11 is 0. The van der Waals surface area contributed by atoms with Crippen LogP contribution < -0.4 is 10.6 Å². The van der Waals surface area contributed by atoms with Crippen LogP contribution in [-0.2, 0) is 12.1 Å². The third kappa shape index (κ3) is 3.49. The van der Waals surface area contributed by atoms with Gasteiger partial charge in [-0.2, -0.15) is 5.10 Å². The summed E-state index contributed by atoms with van der Waals surface area (Å²) in [7, 11) is 0. The molecule has 1 aromatic heterocycles. The van der Waals surface area contributed by atoms with Gasteiger partial charge in [0, 0.05) is 6.20 Å². The van der Waals surface area contributed by atoms with E-state index >= 15 is 0 Å². The van der Waals surface area contributed by atoms with Gasteiger partial charge >= 0.3 is 6.03 Å². The van der Waals surface area contributed by atoms with E-state index < -0.39 is 13.0 Å². The van der Waals surface area contributed by atoms with Gasteiger partial charge in [0.1, 0.15) is 6.54 Å². The Hall–Kier alpha value is -2.44. The first-order valence-electron chi connectivity index (χ1n) is 7.53. The molecule has 1 saturated carbocycles. The summed E-state index contributed by atoms with van der Waals surface area (Å²) in [5.74, 6) is 0. The summed E-state index contributed by atoms with van der Waals surface area (Å²) in [6.07, 6.45) is 3.10. The summed E-state index contributed by atoms with van der Waals surface area (Å²) < 4.78 is 25.7. The average molecular weight is 320 g/mol. The van der Waals surface area contributed by atoms with E-state index in [0.717, 1.165) is 29.5 Å². The molecule has 2 aromatic rings. The van der Waals surface area contributed by atoms with Crippen molar-refractivity contribution in [2.45, 2.75) is 37.8 Å². The van der Waals surface area contributed by atoms with Crippen LogP contribution in [0.4, 0.5) is 19.3 Å². The minimum absolute atomic E-state index is 0.343. The molecule has 1 heterocycles. The lowest BCUT2D eigenvalue weighted by Gasteiger charge is -2.43. The summed E-state index contributed by atoms with van der Waals surface area (Å²) in [6, 6.07) is 9.48. The van der Waals surface area contributed by atoms with Crippen LogP contribution in [0.2, 0.25) is 0 Å². The highest BCUT2D eigenvalue weighted by Gasteiger charge is 2.39. The number of hydrogen-bond donors (Lipinski definition) is 2. The molecule has 0 atom stereocenters. The molecule has 122 valence electrons. The molecule has 0 unspecified atom stereocenters. The molecule has 0 radical (unpaired) electrons. The largest absolute Gasteiger partial charge is 0.328 e. The number of carbonyl (C=O) groups is 1. The standard InChI is InChI=1S/C16H18F2N4O/c17-14(18)11-22-10-13(9-19-22)20-15(23)21-16(7-4-8-16)12-5-2-1-3-6-12/h1-3,5-6,9-10,14H,4,7-8,11H2,(H2,20,21,23). The van der Waals surface area contributed by atoms with Crippen LogP contribution in [0.25, 0.3) is 0 Å². The summed E-state index contributed by atoms with van der Waals surface area (Å²) in [5, 5.41) is 9.45. The summed E-state index contributed by atoms with van der Waals surface area (Å²) in [4.78, 5) is 12.2. The van der Waals surface area contributed by atoms with E-state index in [4.69, 9.17) is 0 Å². The second kappa shape index (κ2) is 6.36. The first-order chi connectivity index (χ1) is 11.1. The number of urea groups is 1. The number of anilines is 1. The Labute approximate surface area is 132 Å². The molecule has 2 amide bonds. The number of rotatable bonds is 5. The molecule has 5 nitrogen and oxygen atoms in total. The van der Waals surface area contributed by atoms with E-state index in [0.29, 0.717) is 5.69 Å². The first-order valence-corrected chi connectivity index (χ1v) is 7.53. The van der Waals surface area contributed by atoms with Gasteiger partial charge in [-0.25, -0.2) is 13.6 Å². The fourth-order valence-electron chi connectivity index (χ4n) is 2.82. The van der Waals surface area contributed by atoms with Crippen molar-refractivity contribution in [1.29, 1.82) is 0 Å². The fourth-order valence-corrected chi connectivity index (χ4v) is 2.82. The Morgan fingerprint density at radius 1 is 1.30 bits per heavy atom. The van der Waals surface area contributed by atoms with Gasteiger partial charge < -0.3 is 10.6 Å². The Morgan fingerprint density at radius 3 is 2.65 bits per heavy atom. The summed E-state index contributed by atoms with van der Waals surface area (Å²) in [5.41, 5.74) is 1.13. The zero-order valence-corrected chi connectivity index (χ0v) is 12.5. The zero-order valence-electron chi connectivity index (χ0n) is 12.5. The van der Waals surface area contributed by atoms with Crippen molar-refractivity contribution in [3.63, 3.8) is 0 Å². The van der Waals surface area contributed by atoms with Gasteiger partial charge in [0.25, 0.3) is 6.43 Å². The Balaban J connectivity index is 1.63. The molecule has 0 saturated heterocycles. The lowest BCUT2D eigenvalue weighted by Crippen LogP contribution is -2.52. The molecule has 2 N–H and O–H groups in total. The molecular weight excluding hydrogens is 302 g/mol. The number of nitrogens with one attached hydrogen (secondary N) is 2. The van der Waals surface area contributed by atoms with Crippen LogP contribution in [0, 0.1) is 0 Å². The van der Waals surface area contributed by atoms with Gasteiger partial charge in [0.05, 0.1) is 17.4 Å². The van der Waals surface area contributed by atoms with Crippen molar-refractivity contribution < 1.29 is 13.6 Å². The SMILES string of the molecule is O=C(Nc1cnn(CC(F)F)c1)NC1(c2ccccc2)CCC1. The summed E-state index contributed by atoms with van der Waals surface area (Å²) in [6.45, 7) is -0.489. The quantitative estimate of drug-likeness (QED) is 0.887. The average Bonchev–Trinajstić information content (AvgIpc) is 2.90. The van der Waals surface area contributed by atoms with Gasteiger partial charge in [0.2, 0.25) is 0 Å². The number of carbonyl (C=O) groups excluding carboxylic acids is 1. The van der Waals surface area contributed by atoms with Gasteiger partial charge in [-0.1, -0.05) is 30.3 Å². The van der Waals surface area contributed by atoms with Gasteiger partial charge in [-0.15, -0.1) is 0 Å². The van der Waals surface area contributed by atoms with E-state index in [1.54, 1.807) is 0 Å². The lowest BCUT2D eigenvalue weighted by molar-refractivity contribution is 0.122. The maximum atomic E-state index is 12.3. The van der Waals surface area contributed by atoms with Gasteiger partial charge in [-0.3, -0.25) is 4.68 Å². The predicted octanol–water partition coefficient (Wildman–Crippen LogP) is 3.35. The minimum Gasteiger partial charge on any atom is -0.328 e. The second-order valence-corrected chi connectivity index (χ2v) is 5.72. The van der Waals surface area contributed by atoms with Crippen LogP contribution in [0.3, 0.4) is 0 Å². The van der Waals surface area contributed by atoms with E-state index in [9.17, 15) is 13.6 Å². The van der Waals surface area contributed by atoms with Crippen LogP contribution in [-0.4, -0.2) is 22.2 Å². The van der Waals surface area contributed by atoms with Crippen molar-refractivity contribution in [3.8, 4) is 0 Å². The number of aromatic nitrogens is 2. The molecular formula is C16H18F2N4O. The molecule has 0 bridgehead atoms. The Kier molecular flexibility index (Phi) is 4.27. The maximum Gasteiger partial charge on any atom is 0.320 e. The van der Waals surface area contributed by atoms with Crippen molar-refractivity contribution in [2.75, 3.05) is 5.32 Å². The number of halogens is 2. The number of hydrogen-bond acceptors (Lipinski definition) is 2. The number of alkyl halides is 2. The van der Waals surface area contributed by atoms with E-state index in [2.05, 4.69) is 15.7 Å². The normalized spacial score (nSPS) is 16.0. The fraction of sp³-hybridized carbons (Fsp3) is 0.375. The monoisotopic (exact) mass is 320 g/mol. The number of benzene rings is 1. The highest BCUT2D eigenvalue weighted by Crippen LogP contribution is 2.41. The molecule has 23 heavy (non-hydrogen) atoms.